The Morgan fingerprint density at radius 1 is 1.14 bits per heavy atom. The van der Waals surface area contributed by atoms with E-state index in [-0.39, 0.29) is 22.8 Å². The Kier molecular flexibility index (Phi) is 6.24. The van der Waals surface area contributed by atoms with E-state index >= 15 is 0 Å². The highest BCUT2D eigenvalue weighted by Crippen LogP contribution is 2.68. The molecule has 3 heterocycles. The molecule has 0 unspecified atom stereocenters. The van der Waals surface area contributed by atoms with Gasteiger partial charge in [-0.3, -0.25) is 4.90 Å². The van der Waals surface area contributed by atoms with Crippen molar-refractivity contribution in [1.29, 1.82) is 0 Å². The number of nitrogens with zero attached hydrogens (tertiary/aromatic N) is 5. The van der Waals surface area contributed by atoms with Crippen molar-refractivity contribution in [3.05, 3.63) is 24.3 Å². The standard InChI is InChI=1S/C25H35F3N6O2/c1-4-5-32-6-8-33(9-7-32)23-13-24(14-23,15-23)34-12-18(31-22(34)20(35)16(2)3)17-10-19(21(29)30-11-17)36-25(26,27)28/h10-12,16,20,35H,4-9,13-15H2,1-3H3,(H2,29,30)/t20-,23?,24?/m0/s1. The van der Waals surface area contributed by atoms with Gasteiger partial charge in [0.15, 0.2) is 11.6 Å². The molecule has 8 nitrogen and oxygen atoms in total. The molecular formula is C25H35F3N6O2. The van der Waals surface area contributed by atoms with Gasteiger partial charge in [-0.25, -0.2) is 9.97 Å². The van der Waals surface area contributed by atoms with Crippen molar-refractivity contribution in [2.75, 3.05) is 38.5 Å². The molecule has 2 aromatic rings. The second-order valence-electron chi connectivity index (χ2n) is 11.0. The van der Waals surface area contributed by atoms with Crippen LogP contribution in [0.25, 0.3) is 11.3 Å². The average Bonchev–Trinajstić information content (AvgIpc) is 3.18. The highest BCUT2D eigenvalue weighted by atomic mass is 19.4. The largest absolute Gasteiger partial charge is 0.573 e. The minimum atomic E-state index is -4.88. The second kappa shape index (κ2) is 8.88. The predicted octanol–water partition coefficient (Wildman–Crippen LogP) is 3.77. The second-order valence-corrected chi connectivity index (χ2v) is 11.0. The Balaban J connectivity index is 1.39. The van der Waals surface area contributed by atoms with E-state index in [1.54, 1.807) is 0 Å². The zero-order valence-corrected chi connectivity index (χ0v) is 21.1. The number of nitrogen functional groups attached to an aromatic ring is 1. The summed E-state index contributed by atoms with van der Waals surface area (Å²) in [6.07, 6.45) is 1.69. The van der Waals surface area contributed by atoms with Crippen LogP contribution in [0, 0.1) is 5.92 Å². The van der Waals surface area contributed by atoms with Crippen LogP contribution >= 0.6 is 0 Å². The van der Waals surface area contributed by atoms with Gasteiger partial charge in [0.25, 0.3) is 0 Å². The van der Waals surface area contributed by atoms with E-state index in [4.69, 9.17) is 5.73 Å². The number of hydrogen-bond acceptors (Lipinski definition) is 7. The van der Waals surface area contributed by atoms with E-state index in [9.17, 15) is 18.3 Å². The van der Waals surface area contributed by atoms with Crippen LogP contribution in [-0.4, -0.2) is 74.1 Å². The summed E-state index contributed by atoms with van der Waals surface area (Å²) in [6, 6.07) is 1.20. The van der Waals surface area contributed by atoms with Gasteiger partial charge < -0.3 is 25.0 Å². The van der Waals surface area contributed by atoms with Gasteiger partial charge in [0, 0.05) is 49.7 Å². The summed E-state index contributed by atoms with van der Waals surface area (Å²) in [7, 11) is 0. The van der Waals surface area contributed by atoms with E-state index < -0.39 is 18.2 Å². The van der Waals surface area contributed by atoms with Crippen LogP contribution in [0.15, 0.2) is 18.5 Å². The van der Waals surface area contributed by atoms with Gasteiger partial charge in [-0.1, -0.05) is 20.8 Å². The smallest absolute Gasteiger partial charge is 0.402 e. The van der Waals surface area contributed by atoms with Crippen LogP contribution in [0.2, 0.25) is 0 Å². The minimum absolute atomic E-state index is 0.0689. The lowest BCUT2D eigenvalue weighted by molar-refractivity contribution is -0.274. The van der Waals surface area contributed by atoms with Crippen molar-refractivity contribution < 1.29 is 23.0 Å². The molecule has 198 valence electrons. The van der Waals surface area contributed by atoms with Gasteiger partial charge in [-0.2, -0.15) is 0 Å². The molecule has 1 saturated heterocycles. The SMILES string of the molecule is CCCN1CCN(C23CC(n4cc(-c5cnc(N)c(OC(F)(F)F)c5)nc4[C@@H](O)C(C)C)(C2)C3)CC1. The Bertz CT molecular complexity index is 1090. The average molecular weight is 509 g/mol. The van der Waals surface area contributed by atoms with Gasteiger partial charge >= 0.3 is 6.36 Å². The van der Waals surface area contributed by atoms with E-state index in [1.807, 2.05) is 20.0 Å². The number of aromatic nitrogens is 3. The molecule has 0 aromatic carbocycles. The van der Waals surface area contributed by atoms with Crippen molar-refractivity contribution in [1.82, 2.24) is 24.3 Å². The highest BCUT2D eigenvalue weighted by Gasteiger charge is 2.71. The molecule has 11 heteroatoms. The van der Waals surface area contributed by atoms with E-state index in [0.717, 1.165) is 52.0 Å². The van der Waals surface area contributed by atoms with E-state index in [0.29, 0.717) is 17.1 Å². The molecule has 4 aliphatic rings. The number of pyridine rings is 1. The number of ether oxygens (including phenoxy) is 1. The van der Waals surface area contributed by atoms with Crippen molar-refractivity contribution in [3.63, 3.8) is 0 Å². The molecule has 3 saturated carbocycles. The Morgan fingerprint density at radius 3 is 2.39 bits per heavy atom. The lowest BCUT2D eigenvalue weighted by Gasteiger charge is -2.75. The molecule has 1 aliphatic heterocycles. The summed E-state index contributed by atoms with van der Waals surface area (Å²) in [5.74, 6) is -0.442. The summed E-state index contributed by atoms with van der Waals surface area (Å²) in [5.41, 5.74) is 6.49. The first-order chi connectivity index (χ1) is 17.0. The fourth-order valence-electron chi connectivity index (χ4n) is 6.26. The molecule has 2 bridgehead atoms. The van der Waals surface area contributed by atoms with Crippen LogP contribution < -0.4 is 10.5 Å². The molecule has 3 N–H and O–H groups in total. The molecule has 1 atom stereocenters. The van der Waals surface area contributed by atoms with Crippen LogP contribution in [-0.2, 0) is 5.54 Å². The summed E-state index contributed by atoms with van der Waals surface area (Å²) in [6.45, 7) is 11.5. The molecule has 36 heavy (non-hydrogen) atoms. The van der Waals surface area contributed by atoms with Crippen LogP contribution in [0.4, 0.5) is 19.0 Å². The summed E-state index contributed by atoms with van der Waals surface area (Å²) < 4.78 is 44.6. The van der Waals surface area contributed by atoms with Crippen molar-refractivity contribution >= 4 is 5.82 Å². The number of rotatable bonds is 8. The molecule has 0 radical (unpaired) electrons. The van der Waals surface area contributed by atoms with Gasteiger partial charge in [0.2, 0.25) is 0 Å². The third kappa shape index (κ3) is 4.35. The van der Waals surface area contributed by atoms with Gasteiger partial charge in [-0.15, -0.1) is 13.2 Å². The quantitative estimate of drug-likeness (QED) is 0.561. The van der Waals surface area contributed by atoms with Crippen molar-refractivity contribution in [2.24, 2.45) is 5.92 Å². The maximum atomic E-state index is 12.8. The minimum Gasteiger partial charge on any atom is -0.402 e. The monoisotopic (exact) mass is 508 g/mol. The topological polar surface area (TPSA) is 92.7 Å². The molecule has 2 aromatic heterocycles. The number of aliphatic hydroxyl groups excluding tert-OH is 1. The number of halogens is 3. The Hall–Kier alpha value is -2.37. The number of nitrogens with two attached hydrogens (primary N) is 1. The molecule has 3 aliphatic carbocycles. The zero-order valence-electron chi connectivity index (χ0n) is 21.1. The third-order valence-corrected chi connectivity index (χ3v) is 8.10. The predicted molar refractivity (Wildman–Crippen MR) is 129 cm³/mol. The number of alkyl halides is 3. The summed E-state index contributed by atoms with van der Waals surface area (Å²) >= 11 is 0. The fourth-order valence-corrected chi connectivity index (χ4v) is 6.26. The number of anilines is 1. The summed E-state index contributed by atoms with van der Waals surface area (Å²) in [5, 5.41) is 11.0. The lowest BCUT2D eigenvalue weighted by Crippen LogP contribution is -2.80. The molecule has 4 fully saturated rings. The molecule has 0 amide bonds. The number of hydrogen-bond donors (Lipinski definition) is 2. The first-order valence-corrected chi connectivity index (χ1v) is 12.7. The Labute approximate surface area is 209 Å². The zero-order chi connectivity index (χ0) is 25.9. The third-order valence-electron chi connectivity index (χ3n) is 8.10. The van der Waals surface area contributed by atoms with E-state index in [2.05, 4.69) is 36.0 Å². The molecule has 6 rings (SSSR count). The van der Waals surface area contributed by atoms with Crippen LogP contribution in [0.3, 0.4) is 0 Å². The number of piperazine rings is 1. The number of aliphatic hydroxyl groups is 1. The maximum Gasteiger partial charge on any atom is 0.573 e. The maximum absolute atomic E-state index is 12.8. The van der Waals surface area contributed by atoms with Crippen molar-refractivity contribution in [2.45, 2.75) is 70.0 Å². The Morgan fingerprint density at radius 2 is 1.81 bits per heavy atom. The lowest BCUT2D eigenvalue weighted by atomic mass is 9.43. The molecular weight excluding hydrogens is 473 g/mol. The number of imidazole rings is 1. The summed E-state index contributed by atoms with van der Waals surface area (Å²) in [4.78, 5) is 13.7. The normalized spacial score (nSPS) is 27.6. The van der Waals surface area contributed by atoms with Gasteiger partial charge in [0.1, 0.15) is 11.9 Å². The van der Waals surface area contributed by atoms with Gasteiger partial charge in [-0.05, 0) is 44.2 Å². The van der Waals surface area contributed by atoms with Crippen LogP contribution in [0.1, 0.15) is 58.4 Å². The highest BCUT2D eigenvalue weighted by molar-refractivity contribution is 5.64. The van der Waals surface area contributed by atoms with Crippen LogP contribution in [0.5, 0.6) is 5.75 Å². The van der Waals surface area contributed by atoms with Crippen molar-refractivity contribution in [3.8, 4) is 17.0 Å². The first kappa shape index (κ1) is 25.3. The van der Waals surface area contributed by atoms with Gasteiger partial charge in [0.05, 0.1) is 11.2 Å². The molecule has 0 spiro atoms. The van der Waals surface area contributed by atoms with E-state index in [1.165, 1.54) is 18.7 Å². The fraction of sp³-hybridized carbons (Fsp3) is 0.680. The first-order valence-electron chi connectivity index (χ1n) is 12.7.